The summed E-state index contributed by atoms with van der Waals surface area (Å²) in [6.45, 7) is 2.95. The fourth-order valence-corrected chi connectivity index (χ4v) is 5.94. The van der Waals surface area contributed by atoms with Gasteiger partial charge in [-0.2, -0.15) is 0 Å². The molecule has 0 spiro atoms. The second-order valence-electron chi connectivity index (χ2n) is 7.79. The van der Waals surface area contributed by atoms with Gasteiger partial charge in [-0.25, -0.2) is 0 Å². The lowest BCUT2D eigenvalue weighted by atomic mass is 9.51. The summed E-state index contributed by atoms with van der Waals surface area (Å²) >= 11 is 0. The monoisotopic (exact) mass is 338 g/mol. The molecule has 3 bridgehead atoms. The zero-order chi connectivity index (χ0) is 17.4. The molecule has 3 heterocycles. The molecule has 5 unspecified atom stereocenters. The molecule has 5 rings (SSSR count). The van der Waals surface area contributed by atoms with Gasteiger partial charge in [0, 0.05) is 35.8 Å². The number of quaternary nitrogens is 1. The lowest BCUT2D eigenvalue weighted by molar-refractivity contribution is -0.850. The largest absolute Gasteiger partial charge is 0.627 e. The van der Waals surface area contributed by atoms with Gasteiger partial charge in [0.05, 0.1) is 19.6 Å². The van der Waals surface area contributed by atoms with E-state index in [2.05, 4.69) is 6.08 Å². The van der Waals surface area contributed by atoms with Gasteiger partial charge >= 0.3 is 5.97 Å². The van der Waals surface area contributed by atoms with Crippen molar-refractivity contribution in [3.8, 4) is 0 Å². The summed E-state index contributed by atoms with van der Waals surface area (Å²) in [6, 6.07) is 0. The molecule has 2 aliphatic carbocycles. The van der Waals surface area contributed by atoms with Crippen molar-refractivity contribution >= 4 is 11.7 Å². The number of fused-ring (bicyclic) bond motifs is 2. The Kier molecular flexibility index (Phi) is 2.94. The summed E-state index contributed by atoms with van der Waals surface area (Å²) in [4.78, 5) is 17.9. The van der Waals surface area contributed by atoms with E-state index in [0.717, 1.165) is 22.7 Å². The third-order valence-electron chi connectivity index (χ3n) is 7.00. The molecule has 5 aliphatic rings. The molecule has 0 amide bonds. The van der Waals surface area contributed by atoms with E-state index in [-0.39, 0.29) is 28.4 Å². The van der Waals surface area contributed by atoms with Crippen molar-refractivity contribution in [2.75, 3.05) is 20.2 Å². The van der Waals surface area contributed by atoms with Gasteiger partial charge in [-0.3, -0.25) is 9.79 Å². The van der Waals surface area contributed by atoms with Gasteiger partial charge in [-0.15, -0.1) is 0 Å². The van der Waals surface area contributed by atoms with Crippen molar-refractivity contribution in [2.45, 2.75) is 19.8 Å². The molecular formula is C20H22N2O3. The lowest BCUT2D eigenvalue weighted by Crippen LogP contribution is -2.63. The van der Waals surface area contributed by atoms with Crippen LogP contribution >= 0.6 is 0 Å². The molecule has 3 aliphatic heterocycles. The number of hydrogen-bond acceptors (Lipinski definition) is 4. The minimum atomic E-state index is -0.414. The average Bonchev–Trinajstić information content (AvgIpc) is 2.97. The van der Waals surface area contributed by atoms with E-state index in [1.807, 2.05) is 31.2 Å². The average molecular weight is 338 g/mol. The molecule has 0 aromatic heterocycles. The van der Waals surface area contributed by atoms with Crippen LogP contribution in [0, 0.1) is 28.4 Å². The number of nitrogens with zero attached hydrogens (tertiary/aromatic N) is 2. The summed E-state index contributed by atoms with van der Waals surface area (Å²) in [6.07, 6.45) is 11.6. The van der Waals surface area contributed by atoms with Crippen molar-refractivity contribution in [3.05, 3.63) is 52.6 Å². The van der Waals surface area contributed by atoms with Crippen molar-refractivity contribution in [1.29, 1.82) is 0 Å². The Labute approximate surface area is 147 Å². The van der Waals surface area contributed by atoms with Crippen molar-refractivity contribution in [3.63, 3.8) is 0 Å². The lowest BCUT2D eigenvalue weighted by Gasteiger charge is -2.61. The van der Waals surface area contributed by atoms with Crippen LogP contribution < -0.4 is 0 Å². The van der Waals surface area contributed by atoms with Gasteiger partial charge in [0.2, 0.25) is 0 Å². The van der Waals surface area contributed by atoms with Crippen LogP contribution in [0.1, 0.15) is 19.8 Å². The molecule has 0 aromatic carbocycles. The number of piperidine rings is 1. The molecule has 0 N–H and O–H groups in total. The van der Waals surface area contributed by atoms with Gasteiger partial charge in [0.15, 0.2) is 0 Å². The molecule has 0 saturated carbocycles. The van der Waals surface area contributed by atoms with Gasteiger partial charge in [0.25, 0.3) is 0 Å². The fraction of sp³-hybridized carbons (Fsp3) is 0.500. The number of methoxy groups -OCH3 is 1. The standard InChI is InChI=1S/C20H22N2O3/c1-3-12-11-22(24)9-8-20-14-6-4-5-7-15(14)21-18(20)16(22)10-13(12)17(20)19(23)25-2/h3-7,13-14,17H,8-11H2,1-2H3/b12-3+. The highest BCUT2D eigenvalue weighted by molar-refractivity contribution is 6.03. The first-order valence-corrected chi connectivity index (χ1v) is 9.04. The maximum atomic E-state index is 13.5. The van der Waals surface area contributed by atoms with E-state index in [1.54, 1.807) is 0 Å². The fourth-order valence-electron chi connectivity index (χ4n) is 5.94. The summed E-state index contributed by atoms with van der Waals surface area (Å²) < 4.78 is 4.99. The van der Waals surface area contributed by atoms with Crippen LogP contribution in [0.3, 0.4) is 0 Å². The zero-order valence-electron chi connectivity index (χ0n) is 14.6. The van der Waals surface area contributed by atoms with E-state index in [4.69, 9.17) is 9.73 Å². The number of allylic oxidation sites excluding steroid dienone is 7. The molecule has 5 nitrogen and oxygen atoms in total. The van der Waals surface area contributed by atoms with Crippen LogP contribution in [-0.2, 0) is 9.53 Å². The Morgan fingerprint density at radius 1 is 1.48 bits per heavy atom. The Hall–Kier alpha value is -1.98. The minimum absolute atomic E-state index is 0.0607. The Bertz CT molecular complexity index is 834. The van der Waals surface area contributed by atoms with Crippen LogP contribution in [-0.4, -0.2) is 36.5 Å². The van der Waals surface area contributed by atoms with Crippen molar-refractivity contribution in [1.82, 2.24) is 0 Å². The molecule has 1 fully saturated rings. The first-order valence-electron chi connectivity index (χ1n) is 9.04. The number of aliphatic imine (C=N–C) groups is 1. The molecule has 1 saturated heterocycles. The highest BCUT2D eigenvalue weighted by atomic mass is 16.5. The molecular weight excluding hydrogens is 316 g/mol. The SMILES string of the molecule is C/C=C1\C[N+]2([O-])CCC34C(=C2CC1C3C(=O)OC)N=C1C=CC=CC14. The molecule has 0 radical (unpaired) electrons. The van der Waals surface area contributed by atoms with Crippen LogP contribution in [0.5, 0.6) is 0 Å². The smallest absolute Gasteiger partial charge is 0.310 e. The van der Waals surface area contributed by atoms with E-state index < -0.39 is 5.41 Å². The second-order valence-corrected chi connectivity index (χ2v) is 7.79. The van der Waals surface area contributed by atoms with E-state index in [1.165, 1.54) is 7.11 Å². The highest BCUT2D eigenvalue weighted by Crippen LogP contribution is 2.66. The number of ether oxygens (including phenoxy) is 1. The molecule has 5 atom stereocenters. The molecule has 0 aromatic rings. The van der Waals surface area contributed by atoms with Crippen LogP contribution in [0.2, 0.25) is 0 Å². The number of esters is 1. The van der Waals surface area contributed by atoms with E-state index in [9.17, 15) is 10.0 Å². The maximum Gasteiger partial charge on any atom is 0.310 e. The summed E-state index contributed by atoms with van der Waals surface area (Å²) in [5.74, 6) is -0.295. The van der Waals surface area contributed by atoms with Crippen LogP contribution in [0.4, 0.5) is 0 Å². The molecule has 5 heteroatoms. The van der Waals surface area contributed by atoms with Crippen molar-refractivity contribution < 1.29 is 14.2 Å². The van der Waals surface area contributed by atoms with Crippen LogP contribution in [0.25, 0.3) is 0 Å². The quantitative estimate of drug-likeness (QED) is 0.320. The summed E-state index contributed by atoms with van der Waals surface area (Å²) in [7, 11) is 1.47. The van der Waals surface area contributed by atoms with E-state index >= 15 is 0 Å². The predicted octanol–water partition coefficient (Wildman–Crippen LogP) is 2.87. The Morgan fingerprint density at radius 2 is 2.32 bits per heavy atom. The highest BCUT2D eigenvalue weighted by Gasteiger charge is 2.67. The third kappa shape index (κ3) is 1.66. The molecule has 130 valence electrons. The zero-order valence-corrected chi connectivity index (χ0v) is 14.6. The normalized spacial score (nSPS) is 44.7. The number of carbonyl (C=O) groups excluding carboxylic acids is 1. The number of hydroxylamine groups is 3. The number of carbonyl (C=O) groups is 1. The Balaban J connectivity index is 1.81. The number of hydrogen-bond donors (Lipinski definition) is 0. The predicted molar refractivity (Wildman–Crippen MR) is 94.0 cm³/mol. The van der Waals surface area contributed by atoms with Crippen molar-refractivity contribution in [2.24, 2.45) is 28.2 Å². The summed E-state index contributed by atoms with van der Waals surface area (Å²) in [5.41, 5.74) is 3.48. The number of rotatable bonds is 1. The second kappa shape index (κ2) is 4.80. The molecule has 25 heavy (non-hydrogen) atoms. The maximum absolute atomic E-state index is 13.5. The van der Waals surface area contributed by atoms with Gasteiger partial charge in [0.1, 0.15) is 17.9 Å². The first-order chi connectivity index (χ1) is 12.0. The van der Waals surface area contributed by atoms with E-state index in [0.29, 0.717) is 25.9 Å². The topological polar surface area (TPSA) is 61.7 Å². The third-order valence-corrected chi connectivity index (χ3v) is 7.00. The van der Waals surface area contributed by atoms with Crippen LogP contribution in [0.15, 0.2) is 52.3 Å². The Morgan fingerprint density at radius 3 is 3.08 bits per heavy atom. The summed E-state index contributed by atoms with van der Waals surface area (Å²) in [5, 5.41) is 13.5. The van der Waals surface area contributed by atoms with Gasteiger partial charge in [-0.05, 0) is 18.6 Å². The minimum Gasteiger partial charge on any atom is -0.627 e. The first kappa shape index (κ1) is 15.3. The van der Waals surface area contributed by atoms with Gasteiger partial charge < -0.3 is 14.6 Å². The van der Waals surface area contributed by atoms with Gasteiger partial charge in [-0.1, -0.05) is 24.3 Å².